The average Bonchev–Trinajstić information content (AvgIpc) is 3.47. The molecule has 0 nitrogen and oxygen atoms in total. The smallest absolute Gasteiger partial charge is 0.0622 e. The third-order valence-corrected chi connectivity index (χ3v) is 10.4. The number of aryl methyl sites for hydroxylation is 3. The van der Waals surface area contributed by atoms with Gasteiger partial charge in [0, 0.05) is 4.47 Å². The summed E-state index contributed by atoms with van der Waals surface area (Å²) in [5, 5.41) is 2.68. The van der Waals surface area contributed by atoms with Crippen LogP contribution in [0.1, 0.15) is 38.9 Å². The standard InChI is InChI=1S/C26H20.C13H11Br.C11H10/c1-19-16-17-23-22-14-8-9-15-24(22)26(25(23)18-19,20-10-4-2-5-11-20)21-12-6-3-7-13-21;1-10-2-4-11(5-3-10)12-6-8-13(14)9-7-12;1-9-5-4-7-10-6-2-3-8-11(9)10/h2-18H,1H3;2-9H,1H3;2-8H,1H3. The van der Waals surface area contributed by atoms with Crippen molar-refractivity contribution in [2.75, 3.05) is 0 Å². The summed E-state index contributed by atoms with van der Waals surface area (Å²) in [6.07, 6.45) is 0. The van der Waals surface area contributed by atoms with Crippen molar-refractivity contribution >= 4 is 26.7 Å². The zero-order valence-electron chi connectivity index (χ0n) is 29.4. The van der Waals surface area contributed by atoms with E-state index in [1.165, 1.54) is 72.0 Å². The van der Waals surface area contributed by atoms with Crippen molar-refractivity contribution in [2.24, 2.45) is 0 Å². The van der Waals surface area contributed by atoms with Gasteiger partial charge in [-0.15, -0.1) is 0 Å². The summed E-state index contributed by atoms with van der Waals surface area (Å²) in [7, 11) is 0. The Balaban J connectivity index is 0.000000136. The Morgan fingerprint density at radius 2 is 0.902 bits per heavy atom. The summed E-state index contributed by atoms with van der Waals surface area (Å²) >= 11 is 3.43. The topological polar surface area (TPSA) is 0 Å². The van der Waals surface area contributed by atoms with Gasteiger partial charge >= 0.3 is 0 Å². The third kappa shape index (κ3) is 6.96. The minimum atomic E-state index is -0.263. The summed E-state index contributed by atoms with van der Waals surface area (Å²) in [6, 6.07) is 69.4. The van der Waals surface area contributed by atoms with Crippen LogP contribution in [0.3, 0.4) is 0 Å². The molecule has 0 heterocycles. The molecule has 9 rings (SSSR count). The number of fused-ring (bicyclic) bond motifs is 4. The lowest BCUT2D eigenvalue weighted by Crippen LogP contribution is -2.28. The minimum absolute atomic E-state index is 0.263. The lowest BCUT2D eigenvalue weighted by Gasteiger charge is -2.34. The molecule has 0 atom stereocenters. The Morgan fingerprint density at radius 3 is 1.55 bits per heavy atom. The van der Waals surface area contributed by atoms with Gasteiger partial charge in [0.25, 0.3) is 0 Å². The molecule has 0 N–H and O–H groups in total. The van der Waals surface area contributed by atoms with E-state index in [9.17, 15) is 0 Å². The first-order valence-corrected chi connectivity index (χ1v) is 18.3. The third-order valence-electron chi connectivity index (χ3n) is 9.85. The van der Waals surface area contributed by atoms with Crippen LogP contribution in [0, 0.1) is 20.8 Å². The molecule has 1 aliphatic rings. The lowest BCUT2D eigenvalue weighted by molar-refractivity contribution is 0.767. The lowest BCUT2D eigenvalue weighted by atomic mass is 9.67. The predicted molar refractivity (Wildman–Crippen MR) is 221 cm³/mol. The van der Waals surface area contributed by atoms with Crippen molar-refractivity contribution in [3.8, 4) is 22.3 Å². The summed E-state index contributed by atoms with van der Waals surface area (Å²) < 4.78 is 1.12. The van der Waals surface area contributed by atoms with Crippen LogP contribution in [0.4, 0.5) is 0 Å². The summed E-state index contributed by atoms with van der Waals surface area (Å²) in [6.45, 7) is 6.43. The molecule has 51 heavy (non-hydrogen) atoms. The van der Waals surface area contributed by atoms with Gasteiger partial charge in [0.05, 0.1) is 5.41 Å². The van der Waals surface area contributed by atoms with Gasteiger partial charge < -0.3 is 0 Å². The van der Waals surface area contributed by atoms with Gasteiger partial charge in [0.15, 0.2) is 0 Å². The first-order valence-electron chi connectivity index (χ1n) is 17.5. The molecular formula is C50H41Br. The largest absolute Gasteiger partial charge is 0.0713 e. The number of halogens is 1. The first-order chi connectivity index (χ1) is 24.9. The van der Waals surface area contributed by atoms with Crippen LogP contribution in [0.25, 0.3) is 33.0 Å². The minimum Gasteiger partial charge on any atom is -0.0622 e. The van der Waals surface area contributed by atoms with E-state index < -0.39 is 0 Å². The van der Waals surface area contributed by atoms with Crippen LogP contribution in [-0.2, 0) is 5.41 Å². The first kappa shape index (κ1) is 34.0. The highest BCUT2D eigenvalue weighted by Gasteiger charge is 2.45. The maximum absolute atomic E-state index is 3.43. The Kier molecular flexibility index (Phi) is 10.1. The molecule has 0 spiro atoms. The molecular weight excluding hydrogens is 680 g/mol. The van der Waals surface area contributed by atoms with Gasteiger partial charge in [-0.2, -0.15) is 0 Å². The predicted octanol–water partition coefficient (Wildman–Crippen LogP) is 13.9. The van der Waals surface area contributed by atoms with Gasteiger partial charge in [-0.05, 0) is 93.7 Å². The molecule has 0 radical (unpaired) electrons. The van der Waals surface area contributed by atoms with Crippen molar-refractivity contribution in [3.05, 3.63) is 238 Å². The maximum Gasteiger partial charge on any atom is 0.0713 e. The maximum atomic E-state index is 3.43. The monoisotopic (exact) mass is 720 g/mol. The highest BCUT2D eigenvalue weighted by atomic mass is 79.9. The van der Waals surface area contributed by atoms with Gasteiger partial charge in [-0.25, -0.2) is 0 Å². The molecule has 8 aromatic rings. The molecule has 0 saturated carbocycles. The van der Waals surface area contributed by atoms with E-state index >= 15 is 0 Å². The number of hydrogen-bond acceptors (Lipinski definition) is 0. The van der Waals surface area contributed by atoms with Gasteiger partial charge in [0.2, 0.25) is 0 Å². The van der Waals surface area contributed by atoms with Crippen LogP contribution in [-0.4, -0.2) is 0 Å². The zero-order valence-corrected chi connectivity index (χ0v) is 30.9. The fraction of sp³-hybridized carbons (Fsp3) is 0.0800. The van der Waals surface area contributed by atoms with Crippen LogP contribution < -0.4 is 0 Å². The van der Waals surface area contributed by atoms with E-state index in [1.807, 2.05) is 0 Å². The Labute approximate surface area is 311 Å². The number of benzene rings is 8. The molecule has 0 amide bonds. The van der Waals surface area contributed by atoms with Crippen molar-refractivity contribution in [1.29, 1.82) is 0 Å². The van der Waals surface area contributed by atoms with E-state index in [0.717, 1.165) is 4.47 Å². The van der Waals surface area contributed by atoms with Gasteiger partial charge in [-0.1, -0.05) is 209 Å². The fourth-order valence-corrected chi connectivity index (χ4v) is 7.60. The number of hydrogen-bond donors (Lipinski definition) is 0. The SMILES string of the molecule is Cc1ccc(-c2ccc(Br)cc2)cc1.Cc1ccc2c(c1)C(c1ccccc1)(c1ccccc1)c1ccccc1-2.Cc1cccc2ccccc12. The second-order valence-electron chi connectivity index (χ2n) is 13.2. The second kappa shape index (κ2) is 15.2. The van der Waals surface area contributed by atoms with Crippen molar-refractivity contribution in [2.45, 2.75) is 26.2 Å². The van der Waals surface area contributed by atoms with Crippen LogP contribution >= 0.6 is 15.9 Å². The Hall–Kier alpha value is -5.50. The molecule has 0 fully saturated rings. The van der Waals surface area contributed by atoms with Crippen LogP contribution in [0.5, 0.6) is 0 Å². The molecule has 1 heteroatoms. The van der Waals surface area contributed by atoms with Crippen molar-refractivity contribution in [3.63, 3.8) is 0 Å². The Bertz CT molecular complexity index is 2280. The van der Waals surface area contributed by atoms with Crippen LogP contribution in [0.15, 0.2) is 199 Å². The van der Waals surface area contributed by atoms with Gasteiger partial charge in [0.1, 0.15) is 0 Å². The highest BCUT2D eigenvalue weighted by molar-refractivity contribution is 9.10. The van der Waals surface area contributed by atoms with E-state index in [2.05, 4.69) is 231 Å². The summed E-state index contributed by atoms with van der Waals surface area (Å²) in [5.74, 6) is 0. The van der Waals surface area contributed by atoms with Crippen molar-refractivity contribution < 1.29 is 0 Å². The fourth-order valence-electron chi connectivity index (χ4n) is 7.33. The Morgan fingerprint density at radius 1 is 0.392 bits per heavy atom. The molecule has 8 aromatic carbocycles. The molecule has 248 valence electrons. The van der Waals surface area contributed by atoms with E-state index in [0.29, 0.717) is 0 Å². The quantitative estimate of drug-likeness (QED) is 0.170. The zero-order chi connectivity index (χ0) is 35.2. The summed E-state index contributed by atoms with van der Waals surface area (Å²) in [4.78, 5) is 0. The van der Waals surface area contributed by atoms with E-state index in [4.69, 9.17) is 0 Å². The second-order valence-corrected chi connectivity index (χ2v) is 14.2. The molecule has 1 aliphatic carbocycles. The van der Waals surface area contributed by atoms with Crippen LogP contribution in [0.2, 0.25) is 0 Å². The molecule has 0 bridgehead atoms. The van der Waals surface area contributed by atoms with Gasteiger partial charge in [-0.3, -0.25) is 0 Å². The van der Waals surface area contributed by atoms with E-state index in [1.54, 1.807) is 0 Å². The van der Waals surface area contributed by atoms with E-state index in [-0.39, 0.29) is 5.41 Å². The normalized spacial score (nSPS) is 12.1. The number of rotatable bonds is 3. The summed E-state index contributed by atoms with van der Waals surface area (Å²) in [5.41, 5.74) is 14.3. The van der Waals surface area contributed by atoms with Crippen molar-refractivity contribution in [1.82, 2.24) is 0 Å². The molecule has 0 aliphatic heterocycles. The molecule has 0 saturated heterocycles. The highest BCUT2D eigenvalue weighted by Crippen LogP contribution is 2.56. The average molecular weight is 722 g/mol. The molecule has 0 aromatic heterocycles. The molecule has 0 unspecified atom stereocenters.